The predicted molar refractivity (Wildman–Crippen MR) is 106 cm³/mol. The van der Waals surface area contributed by atoms with E-state index in [0.717, 1.165) is 16.7 Å². The zero-order valence-electron chi connectivity index (χ0n) is 16.8. The van der Waals surface area contributed by atoms with Crippen LogP contribution in [-0.4, -0.2) is 55.7 Å². The minimum Gasteiger partial charge on any atom is -0.467 e. The molecule has 0 aromatic carbocycles. The Morgan fingerprint density at radius 3 is 2.79 bits per heavy atom. The number of rotatable bonds is 5. The van der Waals surface area contributed by atoms with Crippen LogP contribution in [0.4, 0.5) is 11.6 Å². The SMILES string of the molecule is COC(=O)C1(OC)CC=C(c2nc(Nc3cc(C)[nH]n3)c3cnn(C)c3n2)CC1. The number of methoxy groups -OCH3 is 2. The highest BCUT2D eigenvalue weighted by molar-refractivity contribution is 5.89. The van der Waals surface area contributed by atoms with E-state index >= 15 is 0 Å². The largest absolute Gasteiger partial charge is 0.467 e. The number of aryl methyl sites for hydroxylation is 2. The average Bonchev–Trinajstić information content (AvgIpc) is 3.33. The number of hydrogen-bond donors (Lipinski definition) is 2. The third kappa shape index (κ3) is 3.35. The first kappa shape index (κ1) is 19.1. The van der Waals surface area contributed by atoms with Gasteiger partial charge in [-0.25, -0.2) is 14.8 Å². The highest BCUT2D eigenvalue weighted by Crippen LogP contribution is 2.36. The number of ether oxygens (including phenoxy) is 2. The lowest BCUT2D eigenvalue weighted by molar-refractivity contribution is -0.166. The van der Waals surface area contributed by atoms with Gasteiger partial charge in [0.2, 0.25) is 0 Å². The molecular weight excluding hydrogens is 374 g/mol. The second-order valence-electron chi connectivity index (χ2n) is 7.09. The van der Waals surface area contributed by atoms with Gasteiger partial charge in [0.1, 0.15) is 5.82 Å². The van der Waals surface area contributed by atoms with Gasteiger partial charge in [0.15, 0.2) is 22.9 Å². The molecule has 1 unspecified atom stereocenters. The van der Waals surface area contributed by atoms with E-state index in [4.69, 9.17) is 19.4 Å². The molecular formula is C19H23N7O3. The second-order valence-corrected chi connectivity index (χ2v) is 7.09. The molecule has 10 nitrogen and oxygen atoms in total. The summed E-state index contributed by atoms with van der Waals surface area (Å²) in [5.74, 6) is 1.51. The van der Waals surface area contributed by atoms with Gasteiger partial charge in [0.05, 0.1) is 18.7 Å². The van der Waals surface area contributed by atoms with Crippen molar-refractivity contribution in [2.24, 2.45) is 7.05 Å². The molecule has 3 heterocycles. The third-order valence-corrected chi connectivity index (χ3v) is 5.26. The van der Waals surface area contributed by atoms with E-state index in [0.29, 0.717) is 42.4 Å². The Morgan fingerprint density at radius 1 is 1.34 bits per heavy atom. The van der Waals surface area contributed by atoms with Gasteiger partial charge in [-0.05, 0) is 25.3 Å². The van der Waals surface area contributed by atoms with Crippen molar-refractivity contribution >= 4 is 34.2 Å². The van der Waals surface area contributed by atoms with Crippen molar-refractivity contribution in [3.8, 4) is 0 Å². The number of anilines is 2. The molecule has 10 heteroatoms. The fourth-order valence-corrected chi connectivity index (χ4v) is 3.54. The zero-order valence-corrected chi connectivity index (χ0v) is 16.8. The summed E-state index contributed by atoms with van der Waals surface area (Å²) >= 11 is 0. The van der Waals surface area contributed by atoms with Crippen molar-refractivity contribution in [2.45, 2.75) is 31.8 Å². The van der Waals surface area contributed by atoms with E-state index in [-0.39, 0.29) is 5.97 Å². The zero-order chi connectivity index (χ0) is 20.6. The van der Waals surface area contributed by atoms with E-state index in [1.807, 2.05) is 26.1 Å². The average molecular weight is 397 g/mol. The first-order valence-corrected chi connectivity index (χ1v) is 9.27. The van der Waals surface area contributed by atoms with Crippen molar-refractivity contribution < 1.29 is 14.3 Å². The molecule has 0 saturated heterocycles. The molecule has 4 rings (SSSR count). The summed E-state index contributed by atoms with van der Waals surface area (Å²) in [5.41, 5.74) is 1.65. The summed E-state index contributed by atoms with van der Waals surface area (Å²) < 4.78 is 12.1. The van der Waals surface area contributed by atoms with Gasteiger partial charge in [-0.3, -0.25) is 9.78 Å². The summed E-state index contributed by atoms with van der Waals surface area (Å²) in [4.78, 5) is 21.6. The number of nitrogens with zero attached hydrogens (tertiary/aromatic N) is 5. The molecule has 1 atom stereocenters. The number of nitrogens with one attached hydrogen (secondary N) is 2. The second kappa shape index (κ2) is 7.28. The number of esters is 1. The van der Waals surface area contributed by atoms with Crippen molar-refractivity contribution in [1.82, 2.24) is 29.9 Å². The summed E-state index contributed by atoms with van der Waals surface area (Å²) in [6.07, 6.45) is 5.16. The number of carbonyl (C=O) groups is 1. The lowest BCUT2D eigenvalue weighted by atomic mass is 9.85. The molecule has 0 fully saturated rings. The molecule has 0 bridgehead atoms. The smallest absolute Gasteiger partial charge is 0.338 e. The van der Waals surface area contributed by atoms with Crippen LogP contribution in [0.3, 0.4) is 0 Å². The lowest BCUT2D eigenvalue weighted by Gasteiger charge is -2.32. The van der Waals surface area contributed by atoms with Crippen LogP contribution in [0, 0.1) is 6.92 Å². The predicted octanol–water partition coefficient (Wildman–Crippen LogP) is 2.26. The fraction of sp³-hybridized carbons (Fsp3) is 0.421. The Morgan fingerprint density at radius 2 is 2.17 bits per heavy atom. The number of H-pyrrole nitrogens is 1. The van der Waals surface area contributed by atoms with Crippen LogP contribution >= 0.6 is 0 Å². The lowest BCUT2D eigenvalue weighted by Crippen LogP contribution is -2.42. The maximum Gasteiger partial charge on any atom is 0.338 e. The van der Waals surface area contributed by atoms with E-state index in [2.05, 4.69) is 20.6 Å². The highest BCUT2D eigenvalue weighted by Gasteiger charge is 2.41. The van der Waals surface area contributed by atoms with Crippen molar-refractivity contribution in [3.63, 3.8) is 0 Å². The van der Waals surface area contributed by atoms with Gasteiger partial charge in [-0.15, -0.1) is 0 Å². The van der Waals surface area contributed by atoms with E-state index in [1.54, 1.807) is 10.9 Å². The molecule has 0 spiro atoms. The van der Waals surface area contributed by atoms with Crippen LogP contribution in [0.1, 0.15) is 30.8 Å². The number of aromatic amines is 1. The van der Waals surface area contributed by atoms with Crippen LogP contribution in [0.5, 0.6) is 0 Å². The number of carbonyl (C=O) groups excluding carboxylic acids is 1. The van der Waals surface area contributed by atoms with Crippen LogP contribution in [-0.2, 0) is 21.3 Å². The molecule has 2 N–H and O–H groups in total. The van der Waals surface area contributed by atoms with E-state index in [9.17, 15) is 4.79 Å². The van der Waals surface area contributed by atoms with Gasteiger partial charge >= 0.3 is 5.97 Å². The summed E-state index contributed by atoms with van der Waals surface area (Å²) in [7, 11) is 4.74. The number of fused-ring (bicyclic) bond motifs is 1. The standard InChI is InChI=1S/C19H23N7O3/c1-11-9-14(25-24-11)21-16-13-10-20-26(2)17(13)23-15(22-16)12-5-7-19(29-4,8-6-12)18(27)28-3/h5,9-10H,6-8H2,1-4H3,(H2,21,22,23,24,25). The normalized spacial score (nSPS) is 19.2. The van der Waals surface area contributed by atoms with Gasteiger partial charge in [-0.1, -0.05) is 6.08 Å². The fourth-order valence-electron chi connectivity index (χ4n) is 3.54. The van der Waals surface area contributed by atoms with E-state index < -0.39 is 5.60 Å². The van der Waals surface area contributed by atoms with Crippen LogP contribution < -0.4 is 5.32 Å². The Balaban J connectivity index is 1.72. The van der Waals surface area contributed by atoms with E-state index in [1.165, 1.54) is 14.2 Å². The highest BCUT2D eigenvalue weighted by atomic mass is 16.6. The van der Waals surface area contributed by atoms with Crippen LogP contribution in [0.15, 0.2) is 18.3 Å². The minimum absolute atomic E-state index is 0.366. The van der Waals surface area contributed by atoms with Gasteiger partial charge < -0.3 is 14.8 Å². The maximum absolute atomic E-state index is 12.2. The molecule has 3 aromatic rings. The quantitative estimate of drug-likeness (QED) is 0.629. The number of aromatic nitrogens is 6. The topological polar surface area (TPSA) is 120 Å². The van der Waals surface area contributed by atoms with Crippen LogP contribution in [0.2, 0.25) is 0 Å². The summed E-state index contributed by atoms with van der Waals surface area (Å²) in [6.45, 7) is 1.93. The summed E-state index contributed by atoms with van der Waals surface area (Å²) in [6, 6.07) is 1.90. The van der Waals surface area contributed by atoms with Gasteiger partial charge in [0.25, 0.3) is 0 Å². The third-order valence-electron chi connectivity index (χ3n) is 5.26. The Labute approximate surface area is 167 Å². The van der Waals surface area contributed by atoms with Crippen molar-refractivity contribution in [2.75, 3.05) is 19.5 Å². The van der Waals surface area contributed by atoms with Crippen molar-refractivity contribution in [1.29, 1.82) is 0 Å². The number of allylic oxidation sites excluding steroid dienone is 1. The molecule has 0 radical (unpaired) electrons. The maximum atomic E-state index is 12.2. The first-order valence-electron chi connectivity index (χ1n) is 9.27. The molecule has 0 saturated carbocycles. The van der Waals surface area contributed by atoms with Gasteiger partial charge in [0, 0.05) is 32.3 Å². The Kier molecular flexibility index (Phi) is 4.79. The van der Waals surface area contributed by atoms with Gasteiger partial charge in [-0.2, -0.15) is 10.2 Å². The number of hydrogen-bond acceptors (Lipinski definition) is 8. The molecule has 0 aliphatic heterocycles. The van der Waals surface area contributed by atoms with Crippen LogP contribution in [0.25, 0.3) is 16.6 Å². The molecule has 1 aliphatic rings. The molecule has 29 heavy (non-hydrogen) atoms. The Hall–Kier alpha value is -3.27. The monoisotopic (exact) mass is 397 g/mol. The first-order chi connectivity index (χ1) is 14.0. The molecule has 0 amide bonds. The van der Waals surface area contributed by atoms with Crippen molar-refractivity contribution in [3.05, 3.63) is 29.9 Å². The molecule has 3 aromatic heterocycles. The molecule has 1 aliphatic carbocycles. The molecule has 152 valence electrons. The Bertz CT molecular complexity index is 1100. The minimum atomic E-state index is -0.956. The summed E-state index contributed by atoms with van der Waals surface area (Å²) in [5, 5.41) is 15.5.